The predicted molar refractivity (Wildman–Crippen MR) is 46.2 cm³/mol. The van der Waals surface area contributed by atoms with Crippen LogP contribution in [0, 0.1) is 0 Å². The fraction of sp³-hybridized carbons (Fsp3) is 1.00. The molecule has 0 radical (unpaired) electrons. The third-order valence-electron chi connectivity index (χ3n) is 1.66. The van der Waals surface area contributed by atoms with Gasteiger partial charge in [0.25, 0.3) is 0 Å². The fourth-order valence-corrected chi connectivity index (χ4v) is 1.27. The Hall–Kier alpha value is 0.310. The summed E-state index contributed by atoms with van der Waals surface area (Å²) in [5.41, 5.74) is 0. The van der Waals surface area contributed by atoms with Crippen LogP contribution in [0.3, 0.4) is 0 Å². The predicted octanol–water partition coefficient (Wildman–Crippen LogP) is 1.65. The molecule has 0 bridgehead atoms. The van der Waals surface area contributed by atoms with Gasteiger partial charge in [0, 0.05) is 6.04 Å². The molecule has 0 fully saturated rings. The zero-order valence-electron chi connectivity index (χ0n) is 6.59. The molecule has 0 aliphatic heterocycles. The molecule has 56 valence electrons. The van der Waals surface area contributed by atoms with Crippen LogP contribution in [0.1, 0.15) is 19.8 Å². The normalized spacial score (nSPS) is 14.3. The Morgan fingerprint density at radius 2 is 2.00 bits per heavy atom. The molecule has 2 heteroatoms. The Labute approximate surface area is 63.8 Å². The zero-order valence-corrected chi connectivity index (χ0v) is 7.49. The van der Waals surface area contributed by atoms with Gasteiger partial charge in [-0.05, 0) is 32.7 Å². The van der Waals surface area contributed by atoms with Crippen molar-refractivity contribution < 1.29 is 0 Å². The lowest BCUT2D eigenvalue weighted by Gasteiger charge is -2.21. The van der Waals surface area contributed by atoms with Crippen molar-refractivity contribution in [1.82, 2.24) is 4.90 Å². The molecular weight excluding hydrogens is 130 g/mol. The summed E-state index contributed by atoms with van der Waals surface area (Å²) in [5, 5.41) is 0. The van der Waals surface area contributed by atoms with Gasteiger partial charge in [-0.25, -0.2) is 0 Å². The summed E-state index contributed by atoms with van der Waals surface area (Å²) in [4.78, 5) is 2.26. The summed E-state index contributed by atoms with van der Waals surface area (Å²) in [6, 6.07) is 0.725. The van der Waals surface area contributed by atoms with E-state index in [0.29, 0.717) is 0 Å². The first kappa shape index (κ1) is 9.31. The van der Waals surface area contributed by atoms with Gasteiger partial charge in [0.15, 0.2) is 0 Å². The average molecular weight is 147 g/mol. The Balaban J connectivity index is 3.41. The van der Waals surface area contributed by atoms with E-state index in [4.69, 9.17) is 0 Å². The summed E-state index contributed by atoms with van der Waals surface area (Å²) < 4.78 is 0. The van der Waals surface area contributed by atoms with Crippen LogP contribution in [-0.2, 0) is 0 Å². The Morgan fingerprint density at radius 3 is 2.11 bits per heavy atom. The summed E-state index contributed by atoms with van der Waals surface area (Å²) in [7, 11) is 4.25. The maximum atomic E-state index is 4.18. The van der Waals surface area contributed by atoms with Crippen molar-refractivity contribution in [2.75, 3.05) is 19.8 Å². The van der Waals surface area contributed by atoms with Crippen LogP contribution >= 0.6 is 12.6 Å². The zero-order chi connectivity index (χ0) is 7.28. The molecule has 0 aromatic carbocycles. The highest BCUT2D eigenvalue weighted by atomic mass is 32.1. The van der Waals surface area contributed by atoms with Gasteiger partial charge < -0.3 is 4.90 Å². The van der Waals surface area contributed by atoms with Crippen molar-refractivity contribution in [3.8, 4) is 0 Å². The molecule has 9 heavy (non-hydrogen) atoms. The van der Waals surface area contributed by atoms with E-state index in [1.54, 1.807) is 0 Å². The summed E-state index contributed by atoms with van der Waals surface area (Å²) >= 11 is 4.18. The summed E-state index contributed by atoms with van der Waals surface area (Å²) in [5.74, 6) is 0.997. The smallest absolute Gasteiger partial charge is 0.00943 e. The molecular formula is C7H17NS. The highest BCUT2D eigenvalue weighted by Gasteiger charge is 2.05. The largest absolute Gasteiger partial charge is 0.306 e. The van der Waals surface area contributed by atoms with E-state index in [0.717, 1.165) is 11.8 Å². The van der Waals surface area contributed by atoms with Gasteiger partial charge in [0.2, 0.25) is 0 Å². The molecule has 0 rings (SSSR count). The second kappa shape index (κ2) is 5.12. The highest BCUT2D eigenvalue weighted by molar-refractivity contribution is 7.80. The quantitative estimate of drug-likeness (QED) is 0.592. The van der Waals surface area contributed by atoms with Gasteiger partial charge in [-0.15, -0.1) is 0 Å². The van der Waals surface area contributed by atoms with Gasteiger partial charge in [0.05, 0.1) is 0 Å². The number of rotatable bonds is 4. The number of thiol groups is 1. The SMILES string of the molecule is CCC(CCS)N(C)C. The molecule has 0 saturated heterocycles. The maximum Gasteiger partial charge on any atom is 0.00943 e. The molecule has 0 saturated carbocycles. The molecule has 0 aliphatic carbocycles. The first-order valence-corrected chi connectivity index (χ1v) is 4.12. The first-order chi connectivity index (χ1) is 4.22. The highest BCUT2D eigenvalue weighted by Crippen LogP contribution is 2.04. The first-order valence-electron chi connectivity index (χ1n) is 3.49. The van der Waals surface area contributed by atoms with Crippen LogP contribution in [0.4, 0.5) is 0 Å². The van der Waals surface area contributed by atoms with Crippen LogP contribution in [0.15, 0.2) is 0 Å². The Morgan fingerprint density at radius 1 is 1.44 bits per heavy atom. The lowest BCUT2D eigenvalue weighted by atomic mass is 10.1. The molecule has 0 N–H and O–H groups in total. The van der Waals surface area contributed by atoms with Gasteiger partial charge >= 0.3 is 0 Å². The van der Waals surface area contributed by atoms with Gasteiger partial charge in [0.1, 0.15) is 0 Å². The van der Waals surface area contributed by atoms with E-state index in [2.05, 4.69) is 38.5 Å². The van der Waals surface area contributed by atoms with E-state index in [-0.39, 0.29) is 0 Å². The molecule has 0 aromatic heterocycles. The minimum atomic E-state index is 0.725. The van der Waals surface area contributed by atoms with Crippen LogP contribution in [0.2, 0.25) is 0 Å². The van der Waals surface area contributed by atoms with Gasteiger partial charge in [-0.1, -0.05) is 6.92 Å². The molecule has 0 amide bonds. The van der Waals surface area contributed by atoms with Crippen LogP contribution in [0.5, 0.6) is 0 Å². The van der Waals surface area contributed by atoms with E-state index in [1.165, 1.54) is 12.8 Å². The summed E-state index contributed by atoms with van der Waals surface area (Å²) in [6.07, 6.45) is 2.43. The standard InChI is InChI=1S/C7H17NS/c1-4-7(5-6-9)8(2)3/h7,9H,4-6H2,1-3H3. The molecule has 0 spiro atoms. The van der Waals surface area contributed by atoms with Crippen molar-refractivity contribution >= 4 is 12.6 Å². The van der Waals surface area contributed by atoms with E-state index in [9.17, 15) is 0 Å². The van der Waals surface area contributed by atoms with Gasteiger partial charge in [-0.3, -0.25) is 0 Å². The lowest BCUT2D eigenvalue weighted by molar-refractivity contribution is 0.280. The van der Waals surface area contributed by atoms with Crippen LogP contribution in [0.25, 0.3) is 0 Å². The van der Waals surface area contributed by atoms with Crippen LogP contribution < -0.4 is 0 Å². The van der Waals surface area contributed by atoms with Gasteiger partial charge in [-0.2, -0.15) is 12.6 Å². The molecule has 1 unspecified atom stereocenters. The van der Waals surface area contributed by atoms with Crippen molar-refractivity contribution in [2.45, 2.75) is 25.8 Å². The molecule has 1 nitrogen and oxygen atoms in total. The van der Waals surface area contributed by atoms with E-state index < -0.39 is 0 Å². The van der Waals surface area contributed by atoms with Crippen molar-refractivity contribution in [3.63, 3.8) is 0 Å². The van der Waals surface area contributed by atoms with E-state index in [1.807, 2.05) is 0 Å². The second-order valence-electron chi connectivity index (χ2n) is 2.54. The third kappa shape index (κ3) is 3.82. The molecule has 0 heterocycles. The average Bonchev–Trinajstić information content (AvgIpc) is 1.82. The lowest BCUT2D eigenvalue weighted by Crippen LogP contribution is -2.27. The fourth-order valence-electron chi connectivity index (χ4n) is 0.976. The second-order valence-corrected chi connectivity index (χ2v) is 2.99. The minimum Gasteiger partial charge on any atom is -0.306 e. The summed E-state index contributed by atoms with van der Waals surface area (Å²) in [6.45, 7) is 2.22. The number of hydrogen-bond acceptors (Lipinski definition) is 2. The van der Waals surface area contributed by atoms with Crippen molar-refractivity contribution in [3.05, 3.63) is 0 Å². The number of hydrogen-bond donors (Lipinski definition) is 1. The van der Waals surface area contributed by atoms with Crippen LogP contribution in [-0.4, -0.2) is 30.8 Å². The topological polar surface area (TPSA) is 3.24 Å². The minimum absolute atomic E-state index is 0.725. The monoisotopic (exact) mass is 147 g/mol. The Kier molecular flexibility index (Phi) is 5.30. The van der Waals surface area contributed by atoms with Crippen molar-refractivity contribution in [1.29, 1.82) is 0 Å². The van der Waals surface area contributed by atoms with Crippen molar-refractivity contribution in [2.24, 2.45) is 0 Å². The van der Waals surface area contributed by atoms with E-state index >= 15 is 0 Å². The third-order valence-corrected chi connectivity index (χ3v) is 1.92. The molecule has 0 aliphatic rings. The molecule has 1 atom stereocenters. The number of nitrogens with zero attached hydrogens (tertiary/aromatic N) is 1. The molecule has 0 aromatic rings. The Bertz CT molecular complexity index is 63.9. The maximum absolute atomic E-state index is 4.18.